The summed E-state index contributed by atoms with van der Waals surface area (Å²) in [6.45, 7) is 1.77. The number of aryl methyl sites for hydroxylation is 1. The van der Waals surface area contributed by atoms with Crippen LogP contribution >= 0.6 is 0 Å². The number of hydrogen-bond acceptors (Lipinski definition) is 8. The van der Waals surface area contributed by atoms with Crippen molar-refractivity contribution in [2.24, 2.45) is 4.99 Å². The molecule has 0 atom stereocenters. The van der Waals surface area contributed by atoms with Crippen LogP contribution in [0.25, 0.3) is 11.4 Å². The predicted octanol–water partition coefficient (Wildman–Crippen LogP) is 4.68. The second-order valence-corrected chi connectivity index (χ2v) is 11.7. The normalized spacial score (nSPS) is 11.6. The zero-order chi connectivity index (χ0) is 32.1. The van der Waals surface area contributed by atoms with Gasteiger partial charge in [0.25, 0.3) is 0 Å². The first-order chi connectivity index (χ1) is 21.6. The number of hydrogen-bond donors (Lipinski definition) is 1. The number of para-hydroxylation sites is 1. The molecule has 0 spiro atoms. The minimum Gasteiger partial charge on any atom is -0.497 e. The zero-order valence-corrected chi connectivity index (χ0v) is 25.6. The highest BCUT2D eigenvalue weighted by molar-refractivity contribution is 7.90. The van der Waals surface area contributed by atoms with Crippen LogP contribution in [0.5, 0.6) is 23.0 Å². The fraction of sp³-hybridized carbons (Fsp3) is 0.125. The molecule has 4 aromatic carbocycles. The molecule has 0 aliphatic heterocycles. The van der Waals surface area contributed by atoms with Gasteiger partial charge in [0.05, 0.1) is 25.6 Å². The second kappa shape index (κ2) is 12.9. The lowest BCUT2D eigenvalue weighted by molar-refractivity contribution is 0.258. The molecular formula is C32H29N5O7S. The summed E-state index contributed by atoms with van der Waals surface area (Å²) in [5, 5.41) is 1.98. The highest BCUT2D eigenvalue weighted by Crippen LogP contribution is 2.27. The summed E-state index contributed by atoms with van der Waals surface area (Å²) in [7, 11) is -1.12. The molecule has 5 aromatic rings. The molecule has 12 nitrogen and oxygen atoms in total. The number of nitrogens with one attached hydrogen (secondary N) is 1. The molecule has 0 fully saturated rings. The summed E-state index contributed by atoms with van der Waals surface area (Å²) in [6, 6.07) is 25.9. The van der Waals surface area contributed by atoms with E-state index in [0.717, 1.165) is 15.4 Å². The van der Waals surface area contributed by atoms with Gasteiger partial charge in [-0.05, 0) is 91.3 Å². The Bertz CT molecular complexity index is 2090. The molecule has 0 unspecified atom stereocenters. The van der Waals surface area contributed by atoms with Crippen molar-refractivity contribution in [3.05, 3.63) is 119 Å². The topological polar surface area (TPSA) is 143 Å². The van der Waals surface area contributed by atoms with Crippen molar-refractivity contribution in [2.45, 2.75) is 12.1 Å². The number of nitrogens with zero attached hydrogens (tertiary/aromatic N) is 4. The number of methoxy groups -OCH3 is 2. The first-order valence-electron chi connectivity index (χ1n) is 13.5. The molecule has 0 aliphatic carbocycles. The van der Waals surface area contributed by atoms with E-state index in [2.05, 4.69) is 15.3 Å². The van der Waals surface area contributed by atoms with E-state index in [4.69, 9.17) is 14.2 Å². The smallest absolute Gasteiger partial charge is 0.348 e. The maximum Gasteiger partial charge on any atom is 0.348 e. The molecule has 230 valence electrons. The van der Waals surface area contributed by atoms with Crippen molar-refractivity contribution in [1.82, 2.24) is 14.1 Å². The molecule has 45 heavy (non-hydrogen) atoms. The summed E-state index contributed by atoms with van der Waals surface area (Å²) in [5.41, 5.74) is 0.217. The summed E-state index contributed by atoms with van der Waals surface area (Å²) in [5.74, 6) is 2.22. The second-order valence-electron chi connectivity index (χ2n) is 9.75. The Hall–Kier alpha value is -5.69. The number of carbonyl (C=O) groups is 1. The number of sulfone groups is 1. The van der Waals surface area contributed by atoms with Crippen LogP contribution < -0.4 is 30.8 Å². The standard InChI is InChI=1S/C32H29N5O7S/c1-21-20-24(14-19-28(21)44-27-8-6-5-7-9-27)37-31(45(4,40)41)35-29(34-30(38)33-22-10-15-25(42-2)16-11-22)36(32(37)39)23-12-17-26(43-3)18-13-23/h5-20H,1-4H3,(H,33,38). The molecule has 1 N–H and O–H groups in total. The van der Waals surface area contributed by atoms with E-state index in [-0.39, 0.29) is 11.4 Å². The van der Waals surface area contributed by atoms with Crippen LogP contribution in [-0.4, -0.2) is 49.0 Å². The minimum atomic E-state index is -4.13. The SMILES string of the molecule is COc1ccc(NC(=O)N=c2nc(S(C)(=O)=O)n(-c3ccc(Oc4ccccc4)c(C)c3)c(=O)n2-c2ccc(OC)cc2)cc1. The van der Waals surface area contributed by atoms with Gasteiger partial charge in [-0.1, -0.05) is 18.2 Å². The van der Waals surface area contributed by atoms with Gasteiger partial charge in [-0.25, -0.2) is 27.1 Å². The quantitative estimate of drug-likeness (QED) is 0.261. The Morgan fingerprint density at radius 3 is 1.98 bits per heavy atom. The van der Waals surface area contributed by atoms with Gasteiger partial charge in [-0.3, -0.25) is 0 Å². The van der Waals surface area contributed by atoms with Crippen molar-refractivity contribution in [3.8, 4) is 34.4 Å². The molecule has 1 heterocycles. The van der Waals surface area contributed by atoms with Gasteiger partial charge >= 0.3 is 11.7 Å². The molecule has 1 aromatic heterocycles. The Morgan fingerprint density at radius 2 is 1.40 bits per heavy atom. The van der Waals surface area contributed by atoms with Gasteiger partial charge in [-0.2, -0.15) is 9.98 Å². The number of aromatic nitrogens is 3. The van der Waals surface area contributed by atoms with Crippen molar-refractivity contribution < 1.29 is 27.4 Å². The maximum absolute atomic E-state index is 14.3. The molecule has 2 amide bonds. The van der Waals surface area contributed by atoms with Gasteiger partial charge in [0, 0.05) is 11.9 Å². The highest BCUT2D eigenvalue weighted by Gasteiger charge is 2.23. The predicted molar refractivity (Wildman–Crippen MR) is 168 cm³/mol. The number of rotatable bonds is 8. The maximum atomic E-state index is 14.3. The number of ether oxygens (including phenoxy) is 3. The third-order valence-electron chi connectivity index (χ3n) is 6.56. The lowest BCUT2D eigenvalue weighted by atomic mass is 10.2. The number of benzene rings is 4. The largest absolute Gasteiger partial charge is 0.497 e. The fourth-order valence-corrected chi connectivity index (χ4v) is 5.14. The van der Waals surface area contributed by atoms with Gasteiger partial charge in [0.15, 0.2) is 0 Å². The highest BCUT2D eigenvalue weighted by atomic mass is 32.2. The van der Waals surface area contributed by atoms with Crippen LogP contribution in [0.3, 0.4) is 0 Å². The van der Waals surface area contributed by atoms with E-state index in [9.17, 15) is 18.0 Å². The average Bonchev–Trinajstić information content (AvgIpc) is 3.02. The minimum absolute atomic E-state index is 0.210. The fourth-order valence-electron chi connectivity index (χ4n) is 4.37. The first-order valence-corrected chi connectivity index (χ1v) is 15.4. The Kier molecular flexibility index (Phi) is 8.81. The summed E-state index contributed by atoms with van der Waals surface area (Å²) >= 11 is 0. The van der Waals surface area contributed by atoms with Crippen LogP contribution in [0.4, 0.5) is 10.5 Å². The van der Waals surface area contributed by atoms with Gasteiger partial charge in [0.2, 0.25) is 20.6 Å². The van der Waals surface area contributed by atoms with E-state index in [1.165, 1.54) is 14.2 Å². The van der Waals surface area contributed by atoms with Gasteiger partial charge in [0.1, 0.15) is 23.0 Å². The lowest BCUT2D eigenvalue weighted by Gasteiger charge is -2.16. The van der Waals surface area contributed by atoms with Crippen LogP contribution in [0, 0.1) is 6.92 Å². The van der Waals surface area contributed by atoms with Crippen molar-refractivity contribution in [2.75, 3.05) is 25.8 Å². The number of amides is 2. The van der Waals surface area contributed by atoms with E-state index >= 15 is 0 Å². The van der Waals surface area contributed by atoms with E-state index in [1.54, 1.807) is 85.8 Å². The van der Waals surface area contributed by atoms with Crippen LogP contribution in [-0.2, 0) is 9.84 Å². The van der Waals surface area contributed by atoms with Gasteiger partial charge in [-0.15, -0.1) is 0 Å². The Labute approximate surface area is 258 Å². The molecule has 0 aliphatic rings. The van der Waals surface area contributed by atoms with Crippen LogP contribution in [0.15, 0.2) is 112 Å². The average molecular weight is 628 g/mol. The van der Waals surface area contributed by atoms with E-state index in [0.29, 0.717) is 34.2 Å². The lowest BCUT2D eigenvalue weighted by Crippen LogP contribution is -2.43. The number of urea groups is 1. The van der Waals surface area contributed by atoms with Crippen molar-refractivity contribution in [3.63, 3.8) is 0 Å². The monoisotopic (exact) mass is 627 g/mol. The Balaban J connectivity index is 1.69. The van der Waals surface area contributed by atoms with Crippen molar-refractivity contribution >= 4 is 21.6 Å². The third-order valence-corrected chi connectivity index (χ3v) is 7.50. The van der Waals surface area contributed by atoms with Crippen LogP contribution in [0.2, 0.25) is 0 Å². The Morgan fingerprint density at radius 1 is 0.800 bits per heavy atom. The number of carbonyl (C=O) groups excluding carboxylic acids is 1. The number of anilines is 1. The molecule has 5 rings (SSSR count). The molecule has 0 radical (unpaired) electrons. The summed E-state index contributed by atoms with van der Waals surface area (Å²) in [4.78, 5) is 35.6. The summed E-state index contributed by atoms with van der Waals surface area (Å²) in [6.07, 6.45) is 0.921. The van der Waals surface area contributed by atoms with E-state index in [1.807, 2.05) is 18.2 Å². The zero-order valence-electron chi connectivity index (χ0n) is 24.8. The van der Waals surface area contributed by atoms with Crippen molar-refractivity contribution in [1.29, 1.82) is 0 Å². The molecule has 0 saturated carbocycles. The molecular weight excluding hydrogens is 598 g/mol. The summed E-state index contributed by atoms with van der Waals surface area (Å²) < 4.78 is 44.5. The van der Waals surface area contributed by atoms with E-state index < -0.39 is 32.3 Å². The molecule has 0 bridgehead atoms. The molecule has 13 heteroatoms. The van der Waals surface area contributed by atoms with Gasteiger partial charge < -0.3 is 19.5 Å². The molecule has 0 saturated heterocycles. The first kappa shape index (κ1) is 30.8. The third kappa shape index (κ3) is 6.94. The van der Waals surface area contributed by atoms with Crippen LogP contribution in [0.1, 0.15) is 5.56 Å².